The number of benzene rings is 1. The van der Waals surface area contributed by atoms with Crippen LogP contribution in [0.5, 0.6) is 5.75 Å². The molecule has 0 saturated heterocycles. The number of aromatic nitrogens is 7. The van der Waals surface area contributed by atoms with Gasteiger partial charge < -0.3 is 4.74 Å². The summed E-state index contributed by atoms with van der Waals surface area (Å²) in [5.74, 6) is 2.07. The Morgan fingerprint density at radius 3 is 2.40 bits per heavy atom. The van der Waals surface area contributed by atoms with E-state index >= 15 is 0 Å². The van der Waals surface area contributed by atoms with E-state index in [2.05, 4.69) is 32.0 Å². The molecule has 0 radical (unpaired) electrons. The summed E-state index contributed by atoms with van der Waals surface area (Å²) in [6, 6.07) is 13.0. The summed E-state index contributed by atoms with van der Waals surface area (Å²) in [6.07, 6.45) is 13.1. The Labute approximate surface area is 260 Å². The molecule has 6 rings (SSSR count). The fraction of sp³-hybridized carbons (Fsp3) is 0.382. The van der Waals surface area contributed by atoms with Crippen LogP contribution in [0.1, 0.15) is 76.0 Å². The van der Waals surface area contributed by atoms with Crippen LogP contribution < -0.4 is 16.1 Å². The van der Waals surface area contributed by atoms with Crippen LogP contribution in [0.2, 0.25) is 0 Å². The lowest BCUT2D eigenvalue weighted by molar-refractivity contribution is 0.301. The van der Waals surface area contributed by atoms with Crippen LogP contribution in [0.3, 0.4) is 0 Å². The van der Waals surface area contributed by atoms with Crippen molar-refractivity contribution in [3.05, 3.63) is 93.2 Å². The van der Waals surface area contributed by atoms with E-state index in [0.29, 0.717) is 41.1 Å². The Morgan fingerprint density at radius 2 is 1.73 bits per heavy atom. The van der Waals surface area contributed by atoms with Crippen LogP contribution in [-0.2, 0) is 6.54 Å². The predicted molar refractivity (Wildman–Crippen MR) is 170 cm³/mol. The number of nitrogens with zero attached hydrogens (tertiary/aromatic N) is 6. The first-order chi connectivity index (χ1) is 22.0. The van der Waals surface area contributed by atoms with Gasteiger partial charge >= 0.3 is 5.76 Å². The van der Waals surface area contributed by atoms with Crippen molar-refractivity contribution in [1.82, 2.24) is 34.6 Å². The number of nitrogens with one attached hydrogen (secondary N) is 1. The molecule has 232 valence electrons. The molecule has 0 unspecified atom stereocenters. The van der Waals surface area contributed by atoms with Gasteiger partial charge in [0.1, 0.15) is 0 Å². The quantitative estimate of drug-likeness (QED) is 0.191. The smallest absolute Gasteiger partial charge is 0.439 e. The van der Waals surface area contributed by atoms with Gasteiger partial charge in [-0.2, -0.15) is 0 Å². The third-order valence-electron chi connectivity index (χ3n) is 8.46. The molecule has 1 fully saturated rings. The number of H-pyrrole nitrogens is 1. The first kappa shape index (κ1) is 30.1. The van der Waals surface area contributed by atoms with Crippen molar-refractivity contribution >= 4 is 0 Å². The van der Waals surface area contributed by atoms with E-state index in [0.717, 1.165) is 48.4 Å². The van der Waals surface area contributed by atoms with Gasteiger partial charge in [-0.25, -0.2) is 19.7 Å². The zero-order valence-corrected chi connectivity index (χ0v) is 25.6. The minimum Gasteiger partial charge on any atom is -0.491 e. The van der Waals surface area contributed by atoms with Gasteiger partial charge in [-0.1, -0.05) is 61.7 Å². The second-order valence-corrected chi connectivity index (χ2v) is 11.5. The fourth-order valence-corrected chi connectivity index (χ4v) is 6.09. The Bertz CT molecular complexity index is 1840. The van der Waals surface area contributed by atoms with Crippen LogP contribution in [0.15, 0.2) is 75.2 Å². The average molecular weight is 608 g/mol. The molecule has 1 saturated carbocycles. The van der Waals surface area contributed by atoms with Gasteiger partial charge in [-0.05, 0) is 50.2 Å². The van der Waals surface area contributed by atoms with Gasteiger partial charge in [0.05, 0.1) is 36.9 Å². The largest absolute Gasteiger partial charge is 0.491 e. The van der Waals surface area contributed by atoms with Crippen molar-refractivity contribution in [2.75, 3.05) is 6.61 Å². The first-order valence-electron chi connectivity index (χ1n) is 15.7. The van der Waals surface area contributed by atoms with Gasteiger partial charge in [-0.15, -0.1) is 0 Å². The number of ether oxygens (including phenoxy) is 1. The predicted octanol–water partition coefficient (Wildman–Crippen LogP) is 6.02. The summed E-state index contributed by atoms with van der Waals surface area (Å²) < 4.78 is 11.8. The highest BCUT2D eigenvalue weighted by atomic mass is 16.5. The molecule has 1 aromatic carbocycles. The lowest BCUT2D eigenvalue weighted by Gasteiger charge is -2.28. The molecule has 11 nitrogen and oxygen atoms in total. The summed E-state index contributed by atoms with van der Waals surface area (Å²) in [6.45, 7) is 4.89. The topological polar surface area (TPSA) is 142 Å². The van der Waals surface area contributed by atoms with E-state index in [1.54, 1.807) is 29.2 Å². The van der Waals surface area contributed by atoms with Crippen LogP contribution in [0.25, 0.3) is 34.3 Å². The van der Waals surface area contributed by atoms with Crippen molar-refractivity contribution < 1.29 is 9.26 Å². The lowest BCUT2D eigenvalue weighted by atomic mass is 9.78. The number of rotatable bonds is 11. The highest BCUT2D eigenvalue weighted by Gasteiger charge is 2.25. The number of unbranched alkanes of at least 4 members (excludes halogenated alkanes) is 1. The summed E-state index contributed by atoms with van der Waals surface area (Å²) >= 11 is 0. The fourth-order valence-electron chi connectivity index (χ4n) is 6.09. The molecule has 5 aromatic rings. The van der Waals surface area contributed by atoms with E-state index in [9.17, 15) is 9.59 Å². The molecule has 0 spiro atoms. The zero-order chi connectivity index (χ0) is 31.2. The molecular weight excluding hydrogens is 570 g/mol. The Morgan fingerprint density at radius 1 is 0.956 bits per heavy atom. The molecule has 4 aromatic heterocycles. The maximum Gasteiger partial charge on any atom is 0.439 e. The second kappa shape index (κ2) is 13.8. The summed E-state index contributed by atoms with van der Waals surface area (Å²) in [7, 11) is 0. The standard InChI is InChI=1S/C34H37N7O4/c1-3-5-8-22-11-14-24(15-12-22)29-17-30(42)41(33(38-29)32-36-19-25(20-37-32)44-4-2)21-23-13-16-28(35-18-23)26-9-6-7-10-27(26)31-39-34(43)45-40-31/h6-7,9-10,13,16-20,22,24H,3-5,8,11-12,14-15,21H2,1-2H3,(H,39,40,43). The van der Waals surface area contributed by atoms with Gasteiger partial charge in [0.25, 0.3) is 5.56 Å². The first-order valence-corrected chi connectivity index (χ1v) is 15.7. The van der Waals surface area contributed by atoms with Gasteiger partial charge in [0, 0.05) is 29.3 Å². The van der Waals surface area contributed by atoms with Crippen molar-refractivity contribution in [3.63, 3.8) is 0 Å². The molecular formula is C34H37N7O4. The average Bonchev–Trinajstić information content (AvgIpc) is 3.51. The van der Waals surface area contributed by atoms with Crippen LogP contribution >= 0.6 is 0 Å². The number of hydrogen-bond donors (Lipinski definition) is 1. The molecule has 0 amide bonds. The maximum atomic E-state index is 13.7. The third kappa shape index (κ3) is 6.92. The van der Waals surface area contributed by atoms with Crippen molar-refractivity contribution in [2.45, 2.75) is 71.3 Å². The SMILES string of the molecule is CCCCC1CCC(c2cc(=O)n(Cc3ccc(-c4ccccc4-c4noc(=O)[nH]4)nc3)c(-c3ncc(OCC)cn3)n2)CC1. The van der Waals surface area contributed by atoms with E-state index in [1.165, 1.54) is 19.3 Å². The van der Waals surface area contributed by atoms with E-state index < -0.39 is 5.76 Å². The van der Waals surface area contributed by atoms with E-state index in [4.69, 9.17) is 14.2 Å². The molecule has 0 atom stereocenters. The summed E-state index contributed by atoms with van der Waals surface area (Å²) in [4.78, 5) is 46.6. The molecule has 1 aliphatic carbocycles. The second-order valence-electron chi connectivity index (χ2n) is 11.5. The molecule has 4 heterocycles. The van der Waals surface area contributed by atoms with Gasteiger partial charge in [0.15, 0.2) is 23.2 Å². The molecule has 1 N–H and O–H groups in total. The minimum absolute atomic E-state index is 0.148. The highest BCUT2D eigenvalue weighted by molar-refractivity contribution is 5.78. The monoisotopic (exact) mass is 607 g/mol. The van der Waals surface area contributed by atoms with Crippen LogP contribution in [0.4, 0.5) is 0 Å². The van der Waals surface area contributed by atoms with Gasteiger partial charge in [0.2, 0.25) is 0 Å². The molecule has 11 heteroatoms. The molecule has 0 bridgehead atoms. The van der Waals surface area contributed by atoms with Crippen LogP contribution in [-0.4, -0.2) is 41.3 Å². The lowest BCUT2D eigenvalue weighted by Crippen LogP contribution is -2.26. The number of aromatic amines is 1. The molecule has 1 aliphatic rings. The normalized spacial score (nSPS) is 16.5. The minimum atomic E-state index is -0.625. The summed E-state index contributed by atoms with van der Waals surface area (Å²) in [5, 5.41) is 3.83. The van der Waals surface area contributed by atoms with Gasteiger partial charge in [-0.3, -0.25) is 23.9 Å². The summed E-state index contributed by atoms with van der Waals surface area (Å²) in [5.41, 5.74) is 3.63. The molecule has 0 aliphatic heterocycles. The third-order valence-corrected chi connectivity index (χ3v) is 8.46. The van der Waals surface area contributed by atoms with Crippen LogP contribution in [0, 0.1) is 5.92 Å². The van der Waals surface area contributed by atoms with Crippen molar-refractivity contribution in [1.29, 1.82) is 0 Å². The van der Waals surface area contributed by atoms with Crippen molar-refractivity contribution in [2.24, 2.45) is 5.92 Å². The zero-order valence-electron chi connectivity index (χ0n) is 25.6. The highest BCUT2D eigenvalue weighted by Crippen LogP contribution is 2.37. The Kier molecular flexibility index (Phi) is 9.23. The van der Waals surface area contributed by atoms with E-state index in [1.807, 2.05) is 43.3 Å². The molecule has 45 heavy (non-hydrogen) atoms. The van der Waals surface area contributed by atoms with Crippen molar-refractivity contribution in [3.8, 4) is 40.0 Å². The Hall–Kier alpha value is -4.93. The number of hydrogen-bond acceptors (Lipinski definition) is 9. The maximum absolute atomic E-state index is 13.7. The number of pyridine rings is 1. The van der Waals surface area contributed by atoms with E-state index in [-0.39, 0.29) is 18.0 Å². The Balaban J connectivity index is 1.30.